The first-order valence-electron chi connectivity index (χ1n) is 7.60. The number of rotatable bonds is 0. The van der Waals surface area contributed by atoms with Crippen LogP contribution in [0.2, 0.25) is 0 Å². The van der Waals surface area contributed by atoms with Crippen LogP contribution in [0.3, 0.4) is 0 Å². The fraction of sp³-hybridized carbons (Fsp3) is 0.812. The minimum absolute atomic E-state index is 0.0202. The lowest BCUT2D eigenvalue weighted by Crippen LogP contribution is -2.05. The summed E-state index contributed by atoms with van der Waals surface area (Å²) in [6, 6.07) is 0. The molecule has 0 spiro atoms. The number of hydrogen-bond donors (Lipinski definition) is 0. The van der Waals surface area contributed by atoms with Gasteiger partial charge in [0.15, 0.2) is 0 Å². The molecule has 1 aliphatic rings. The Kier molecular flexibility index (Phi) is 8.62. The normalized spacial score (nSPS) is 22.1. The third kappa shape index (κ3) is 8.32. The topological polar surface area (TPSA) is 26.3 Å². The van der Waals surface area contributed by atoms with Crippen molar-refractivity contribution < 1.29 is 9.53 Å². The summed E-state index contributed by atoms with van der Waals surface area (Å²) in [6.45, 7) is 2.83. The van der Waals surface area contributed by atoms with Crippen molar-refractivity contribution in [2.45, 2.75) is 77.6 Å². The average molecular weight is 252 g/mol. The minimum atomic E-state index is -0.0202. The van der Waals surface area contributed by atoms with Crippen LogP contribution in [0.1, 0.15) is 77.6 Å². The van der Waals surface area contributed by atoms with E-state index in [4.69, 9.17) is 4.74 Å². The molecule has 2 heteroatoms. The second kappa shape index (κ2) is 10.2. The molecule has 18 heavy (non-hydrogen) atoms. The molecule has 0 amide bonds. The molecule has 1 aliphatic heterocycles. The van der Waals surface area contributed by atoms with Crippen molar-refractivity contribution in [1.29, 1.82) is 0 Å². The molecule has 0 radical (unpaired) electrons. The molecule has 0 atom stereocenters. The van der Waals surface area contributed by atoms with E-state index < -0.39 is 0 Å². The van der Waals surface area contributed by atoms with Gasteiger partial charge in [0.25, 0.3) is 0 Å². The van der Waals surface area contributed by atoms with E-state index in [9.17, 15) is 4.79 Å². The first kappa shape index (κ1) is 15.3. The van der Waals surface area contributed by atoms with E-state index >= 15 is 0 Å². The Balaban J connectivity index is 2.28. The highest BCUT2D eigenvalue weighted by molar-refractivity contribution is 5.69. The zero-order chi connectivity index (χ0) is 13.1. The van der Waals surface area contributed by atoms with Crippen LogP contribution in [0, 0.1) is 0 Å². The van der Waals surface area contributed by atoms with Gasteiger partial charge < -0.3 is 4.74 Å². The van der Waals surface area contributed by atoms with Gasteiger partial charge in [0.05, 0.1) is 6.61 Å². The Morgan fingerprint density at radius 1 is 0.889 bits per heavy atom. The Morgan fingerprint density at radius 3 is 2.33 bits per heavy atom. The van der Waals surface area contributed by atoms with Crippen molar-refractivity contribution >= 4 is 5.97 Å². The van der Waals surface area contributed by atoms with Gasteiger partial charge in [0.2, 0.25) is 0 Å². The number of hydrogen-bond acceptors (Lipinski definition) is 2. The molecule has 1 heterocycles. The molecular formula is C16H28O2. The molecular weight excluding hydrogens is 224 g/mol. The molecule has 1 rings (SSSR count). The number of cyclic esters (lactones) is 1. The predicted molar refractivity (Wildman–Crippen MR) is 75.5 cm³/mol. The molecule has 0 aliphatic carbocycles. The number of carbonyl (C=O) groups is 1. The number of carbonyl (C=O) groups excluding carboxylic acids is 1. The van der Waals surface area contributed by atoms with Gasteiger partial charge in [-0.3, -0.25) is 4.79 Å². The quantitative estimate of drug-likeness (QED) is 0.458. The van der Waals surface area contributed by atoms with Crippen molar-refractivity contribution in [1.82, 2.24) is 0 Å². The van der Waals surface area contributed by atoms with Crippen LogP contribution < -0.4 is 0 Å². The molecule has 0 unspecified atom stereocenters. The maximum Gasteiger partial charge on any atom is 0.305 e. The van der Waals surface area contributed by atoms with Crippen LogP contribution in [-0.4, -0.2) is 12.6 Å². The van der Waals surface area contributed by atoms with E-state index in [0.717, 1.165) is 19.3 Å². The van der Waals surface area contributed by atoms with Crippen molar-refractivity contribution in [3.8, 4) is 0 Å². The average Bonchev–Trinajstić information content (AvgIpc) is 2.35. The van der Waals surface area contributed by atoms with E-state index in [2.05, 4.69) is 13.0 Å². The first-order chi connectivity index (χ1) is 8.79. The fourth-order valence-corrected chi connectivity index (χ4v) is 2.34. The monoisotopic (exact) mass is 252 g/mol. The Labute approximate surface area is 112 Å². The largest absolute Gasteiger partial charge is 0.466 e. The third-order valence-electron chi connectivity index (χ3n) is 3.56. The summed E-state index contributed by atoms with van der Waals surface area (Å²) in [5.74, 6) is -0.0202. The molecule has 2 nitrogen and oxygen atoms in total. The molecule has 0 saturated heterocycles. The molecule has 0 fully saturated rings. The Bertz CT molecular complexity index is 256. The smallest absolute Gasteiger partial charge is 0.305 e. The lowest BCUT2D eigenvalue weighted by molar-refractivity contribution is -0.143. The second-order valence-electron chi connectivity index (χ2n) is 5.39. The van der Waals surface area contributed by atoms with Gasteiger partial charge in [-0.1, -0.05) is 43.8 Å². The van der Waals surface area contributed by atoms with Crippen molar-refractivity contribution in [3.05, 3.63) is 11.6 Å². The molecule has 0 N–H and O–H groups in total. The summed E-state index contributed by atoms with van der Waals surface area (Å²) in [4.78, 5) is 11.4. The number of ether oxygens (including phenoxy) is 1. The summed E-state index contributed by atoms with van der Waals surface area (Å²) in [5.41, 5.74) is 1.48. The SMILES string of the molecule is CC1=CCCCC(=O)OCCCCCCCCC1. The maximum absolute atomic E-state index is 11.4. The summed E-state index contributed by atoms with van der Waals surface area (Å²) in [7, 11) is 0. The molecule has 0 aromatic carbocycles. The van der Waals surface area contributed by atoms with Crippen LogP contribution in [0.15, 0.2) is 11.6 Å². The van der Waals surface area contributed by atoms with Crippen LogP contribution in [0.25, 0.3) is 0 Å². The van der Waals surface area contributed by atoms with Gasteiger partial charge in [0, 0.05) is 6.42 Å². The van der Waals surface area contributed by atoms with E-state index in [1.165, 1.54) is 50.5 Å². The Morgan fingerprint density at radius 2 is 1.56 bits per heavy atom. The summed E-state index contributed by atoms with van der Waals surface area (Å²) < 4.78 is 5.21. The van der Waals surface area contributed by atoms with Crippen molar-refractivity contribution in [3.63, 3.8) is 0 Å². The minimum Gasteiger partial charge on any atom is -0.466 e. The highest BCUT2D eigenvalue weighted by atomic mass is 16.5. The van der Waals surface area contributed by atoms with Crippen LogP contribution in [-0.2, 0) is 9.53 Å². The molecule has 104 valence electrons. The Hall–Kier alpha value is -0.790. The summed E-state index contributed by atoms with van der Waals surface area (Å²) in [5, 5.41) is 0. The summed E-state index contributed by atoms with van der Waals surface area (Å²) >= 11 is 0. The van der Waals surface area contributed by atoms with Gasteiger partial charge in [0.1, 0.15) is 0 Å². The van der Waals surface area contributed by atoms with Gasteiger partial charge >= 0.3 is 5.97 Å². The maximum atomic E-state index is 11.4. The van der Waals surface area contributed by atoms with Gasteiger partial charge in [-0.25, -0.2) is 0 Å². The lowest BCUT2D eigenvalue weighted by atomic mass is 10.0. The zero-order valence-electron chi connectivity index (χ0n) is 11.9. The van der Waals surface area contributed by atoms with E-state index in [1.54, 1.807) is 0 Å². The van der Waals surface area contributed by atoms with Crippen LogP contribution >= 0.6 is 0 Å². The van der Waals surface area contributed by atoms with E-state index in [1.807, 2.05) is 0 Å². The van der Waals surface area contributed by atoms with Crippen LogP contribution in [0.5, 0.6) is 0 Å². The third-order valence-corrected chi connectivity index (χ3v) is 3.56. The number of allylic oxidation sites excluding steroid dienone is 2. The van der Waals surface area contributed by atoms with Crippen molar-refractivity contribution in [2.24, 2.45) is 0 Å². The first-order valence-corrected chi connectivity index (χ1v) is 7.60. The molecule has 0 bridgehead atoms. The van der Waals surface area contributed by atoms with E-state index in [-0.39, 0.29) is 5.97 Å². The highest BCUT2D eigenvalue weighted by Crippen LogP contribution is 2.14. The fourth-order valence-electron chi connectivity index (χ4n) is 2.34. The van der Waals surface area contributed by atoms with Gasteiger partial charge in [-0.2, -0.15) is 0 Å². The molecule has 0 aromatic heterocycles. The summed E-state index contributed by atoms with van der Waals surface area (Å²) in [6.07, 6.45) is 14.9. The van der Waals surface area contributed by atoms with Crippen LogP contribution in [0.4, 0.5) is 0 Å². The molecule has 0 aromatic rings. The highest BCUT2D eigenvalue weighted by Gasteiger charge is 2.02. The van der Waals surface area contributed by atoms with Gasteiger partial charge in [-0.15, -0.1) is 0 Å². The van der Waals surface area contributed by atoms with Gasteiger partial charge in [-0.05, 0) is 39.0 Å². The zero-order valence-corrected chi connectivity index (χ0v) is 11.9. The lowest BCUT2D eigenvalue weighted by Gasteiger charge is -2.06. The van der Waals surface area contributed by atoms with E-state index in [0.29, 0.717) is 13.0 Å². The predicted octanol–water partition coefficient (Wildman–Crippen LogP) is 4.78. The molecule has 0 saturated carbocycles. The number of esters is 1. The van der Waals surface area contributed by atoms with Crippen molar-refractivity contribution in [2.75, 3.05) is 6.61 Å². The second-order valence-corrected chi connectivity index (χ2v) is 5.39. The standard InChI is InChI=1S/C16H28O2/c1-15-11-7-5-3-2-4-6-10-14-18-16(17)13-9-8-12-15/h12H,2-11,13-14H2,1H3.